The van der Waals surface area contributed by atoms with E-state index < -0.39 is 8.53 Å². The molecular weight excluding hydrogens is 471 g/mol. The molecule has 2 heterocycles. The third kappa shape index (κ3) is 7.71. The molecule has 5 N–H and O–H groups in total. The summed E-state index contributed by atoms with van der Waals surface area (Å²) in [5.74, 6) is 1.20. The molecule has 0 aliphatic heterocycles. The zero-order chi connectivity index (χ0) is 25.2. The zero-order valence-electron chi connectivity index (χ0n) is 20.4. The Morgan fingerprint density at radius 3 is 2.54 bits per heavy atom. The highest BCUT2D eigenvalue weighted by molar-refractivity contribution is 7.44. The van der Waals surface area contributed by atoms with E-state index in [1.54, 1.807) is 13.4 Å². The minimum absolute atomic E-state index is 0.0338. The number of hydrogen-bond donors (Lipinski definition) is 4. The monoisotopic (exact) mass is 506 g/mol. The first-order valence-corrected chi connectivity index (χ1v) is 12.8. The summed E-state index contributed by atoms with van der Waals surface area (Å²) in [6, 6.07) is 9.89. The van der Waals surface area contributed by atoms with Gasteiger partial charge in [-0.3, -0.25) is 0 Å². The van der Waals surface area contributed by atoms with Crippen LogP contribution in [0.2, 0.25) is 0 Å². The number of ether oxygens (including phenoxy) is 2. The van der Waals surface area contributed by atoms with E-state index in [-0.39, 0.29) is 24.7 Å². The van der Waals surface area contributed by atoms with Gasteiger partial charge in [0.2, 0.25) is 11.8 Å². The van der Waals surface area contributed by atoms with Crippen LogP contribution in [0.3, 0.4) is 0 Å². The van der Waals surface area contributed by atoms with Crippen LogP contribution in [-0.4, -0.2) is 62.5 Å². The second-order valence-corrected chi connectivity index (χ2v) is 9.31. The first-order chi connectivity index (χ1) is 16.9. The van der Waals surface area contributed by atoms with Gasteiger partial charge < -0.3 is 34.3 Å². The van der Waals surface area contributed by atoms with Gasteiger partial charge in [-0.05, 0) is 38.3 Å². The Labute approximate surface area is 206 Å². The normalized spacial score (nSPS) is 16.4. The Balaban J connectivity index is 0.000000203. The maximum Gasteiger partial charge on any atom is 0.315 e. The van der Waals surface area contributed by atoms with Crippen LogP contribution in [0.5, 0.6) is 11.6 Å². The molecule has 11 nitrogen and oxygen atoms in total. The lowest BCUT2D eigenvalue weighted by Crippen LogP contribution is -2.22. The van der Waals surface area contributed by atoms with E-state index in [0.717, 1.165) is 18.6 Å². The lowest BCUT2D eigenvalue weighted by Gasteiger charge is -2.19. The molecule has 2 aromatic heterocycles. The van der Waals surface area contributed by atoms with Crippen LogP contribution >= 0.6 is 8.53 Å². The number of nitrogens with two attached hydrogens (primary N) is 1. The van der Waals surface area contributed by atoms with Crippen LogP contribution in [0.25, 0.3) is 11.2 Å². The summed E-state index contributed by atoms with van der Waals surface area (Å²) in [6.07, 6.45) is 6.87. The minimum Gasteiger partial charge on any atom is -0.479 e. The second kappa shape index (κ2) is 13.5. The number of methoxy groups -OCH3 is 2. The number of aromatic nitrogens is 4. The van der Waals surface area contributed by atoms with Crippen molar-refractivity contribution in [2.24, 2.45) is 0 Å². The Morgan fingerprint density at radius 1 is 1.20 bits per heavy atom. The molecule has 0 amide bonds. The van der Waals surface area contributed by atoms with Crippen molar-refractivity contribution >= 4 is 25.6 Å². The minimum atomic E-state index is -1.52. The molecule has 3 aromatic rings. The number of rotatable bonds is 10. The second-order valence-electron chi connectivity index (χ2n) is 8.33. The number of nitrogens with zero attached hydrogens (tertiary/aromatic N) is 4. The van der Waals surface area contributed by atoms with Crippen molar-refractivity contribution in [3.05, 3.63) is 36.7 Å². The number of hydrogen-bond acceptors (Lipinski definition) is 10. The van der Waals surface area contributed by atoms with Crippen molar-refractivity contribution in [3.8, 4) is 11.6 Å². The van der Waals surface area contributed by atoms with E-state index in [4.69, 9.17) is 19.7 Å². The predicted octanol–water partition coefficient (Wildman–Crippen LogP) is 3.19. The van der Waals surface area contributed by atoms with E-state index in [1.807, 2.05) is 41.8 Å². The fourth-order valence-electron chi connectivity index (χ4n) is 3.93. The third-order valence-corrected chi connectivity index (χ3v) is 6.77. The number of imidazole rings is 1. The van der Waals surface area contributed by atoms with Crippen molar-refractivity contribution in [1.82, 2.24) is 24.6 Å². The molecule has 1 aromatic carbocycles. The molecule has 1 saturated carbocycles. The van der Waals surface area contributed by atoms with Crippen LogP contribution < -0.4 is 20.1 Å². The van der Waals surface area contributed by atoms with Crippen molar-refractivity contribution in [1.29, 1.82) is 0 Å². The van der Waals surface area contributed by atoms with Crippen LogP contribution in [-0.2, 0) is 4.74 Å². The summed E-state index contributed by atoms with van der Waals surface area (Å²) in [4.78, 5) is 22.2. The Morgan fingerprint density at radius 2 is 1.91 bits per heavy atom. The SMILES string of the molecule is COc1nc(N)nc2c1ncn2C(C)CC(CO)OC.OP(NC1CCCC1)Oc1ccccc1. The maximum atomic E-state index is 9.69. The van der Waals surface area contributed by atoms with Gasteiger partial charge in [-0.25, -0.2) is 10.1 Å². The summed E-state index contributed by atoms with van der Waals surface area (Å²) in [5.41, 5.74) is 6.84. The molecule has 3 atom stereocenters. The largest absolute Gasteiger partial charge is 0.479 e. The lowest BCUT2D eigenvalue weighted by molar-refractivity contribution is 0.0348. The van der Waals surface area contributed by atoms with E-state index in [2.05, 4.69) is 20.0 Å². The van der Waals surface area contributed by atoms with Gasteiger partial charge in [0.15, 0.2) is 11.2 Å². The fourth-order valence-corrected chi connectivity index (χ4v) is 4.87. The standard InChI is InChI=1S/C12H19N5O3.C11H16NO2P/c1-7(4-8(5-18)19-2)17-6-14-9-10(17)15-12(13)16-11(9)20-3;13-15(12-10-6-4-5-7-10)14-11-8-2-1-3-9-11/h6-8,18H,4-5H2,1-3H3,(H2,13,15,16);1-3,8-10,12-13H,4-7H2. The van der Waals surface area contributed by atoms with Gasteiger partial charge in [0.05, 0.1) is 26.1 Å². The molecule has 3 unspecified atom stereocenters. The highest BCUT2D eigenvalue weighted by Gasteiger charge is 2.20. The summed E-state index contributed by atoms with van der Waals surface area (Å²) in [6.45, 7) is 1.96. The number of aliphatic hydroxyl groups excluding tert-OH is 1. The van der Waals surface area contributed by atoms with Gasteiger partial charge in [0.1, 0.15) is 5.75 Å². The molecule has 0 saturated heterocycles. The lowest BCUT2D eigenvalue weighted by atomic mass is 10.1. The molecule has 1 fully saturated rings. The molecular formula is C23H35N6O5P. The van der Waals surface area contributed by atoms with Gasteiger partial charge in [0.25, 0.3) is 0 Å². The number of para-hydroxylation sites is 1. The summed E-state index contributed by atoms with van der Waals surface area (Å²) in [5, 5.41) is 12.3. The van der Waals surface area contributed by atoms with Crippen molar-refractivity contribution in [3.63, 3.8) is 0 Å². The van der Waals surface area contributed by atoms with E-state index >= 15 is 0 Å². The molecule has 35 heavy (non-hydrogen) atoms. The number of anilines is 1. The number of aliphatic hydroxyl groups is 1. The van der Waals surface area contributed by atoms with Crippen molar-refractivity contribution < 1.29 is 24.0 Å². The molecule has 192 valence electrons. The van der Waals surface area contributed by atoms with E-state index in [1.165, 1.54) is 20.0 Å². The van der Waals surface area contributed by atoms with Gasteiger partial charge in [-0.1, -0.05) is 31.0 Å². The van der Waals surface area contributed by atoms with Gasteiger partial charge >= 0.3 is 8.53 Å². The van der Waals surface area contributed by atoms with Gasteiger partial charge in [-0.15, -0.1) is 0 Å². The van der Waals surface area contributed by atoms with Crippen LogP contribution in [0, 0.1) is 0 Å². The molecule has 0 spiro atoms. The van der Waals surface area contributed by atoms with Crippen LogP contribution in [0.4, 0.5) is 5.95 Å². The first kappa shape index (κ1) is 27.0. The number of nitrogen functional groups attached to an aromatic ring is 1. The summed E-state index contributed by atoms with van der Waals surface area (Å²) in [7, 11) is 1.56. The Kier molecular flexibility index (Phi) is 10.4. The third-order valence-electron chi connectivity index (χ3n) is 5.80. The molecule has 1 aliphatic rings. The molecule has 0 bridgehead atoms. The molecule has 1 aliphatic carbocycles. The van der Waals surface area contributed by atoms with Crippen LogP contribution in [0.15, 0.2) is 36.7 Å². The number of benzene rings is 1. The van der Waals surface area contributed by atoms with E-state index in [0.29, 0.717) is 29.5 Å². The fraction of sp³-hybridized carbons (Fsp3) is 0.522. The predicted molar refractivity (Wildman–Crippen MR) is 135 cm³/mol. The Hall–Kier alpha value is -2.56. The molecule has 4 rings (SSSR count). The number of fused-ring (bicyclic) bond motifs is 1. The average molecular weight is 507 g/mol. The zero-order valence-corrected chi connectivity index (χ0v) is 21.3. The average Bonchev–Trinajstić information content (AvgIpc) is 3.52. The molecule has 0 radical (unpaired) electrons. The van der Waals surface area contributed by atoms with Gasteiger partial charge in [-0.2, -0.15) is 9.97 Å². The quantitative estimate of drug-likeness (QED) is 0.302. The highest BCUT2D eigenvalue weighted by Crippen LogP contribution is 2.33. The van der Waals surface area contributed by atoms with Crippen LogP contribution in [0.1, 0.15) is 45.1 Å². The topological polar surface area (TPSA) is 150 Å². The smallest absolute Gasteiger partial charge is 0.315 e. The highest BCUT2D eigenvalue weighted by atomic mass is 31.2. The van der Waals surface area contributed by atoms with Gasteiger partial charge in [0, 0.05) is 19.2 Å². The van der Waals surface area contributed by atoms with Crippen molar-refractivity contribution in [2.45, 2.75) is 57.2 Å². The Bertz CT molecular complexity index is 1030. The number of nitrogens with one attached hydrogen (secondary N) is 1. The summed E-state index contributed by atoms with van der Waals surface area (Å²) < 4.78 is 17.6. The van der Waals surface area contributed by atoms with Crippen molar-refractivity contribution in [2.75, 3.05) is 26.6 Å². The molecule has 12 heteroatoms. The summed E-state index contributed by atoms with van der Waals surface area (Å²) >= 11 is 0. The maximum absolute atomic E-state index is 9.69. The first-order valence-electron chi connectivity index (χ1n) is 11.6. The van der Waals surface area contributed by atoms with E-state index in [9.17, 15) is 10.00 Å².